The molecule has 1 saturated carbocycles. The predicted molar refractivity (Wildman–Crippen MR) is 195 cm³/mol. The lowest BCUT2D eigenvalue weighted by atomic mass is 9.87. The van der Waals surface area contributed by atoms with Crippen molar-refractivity contribution in [1.82, 2.24) is 14.5 Å². The van der Waals surface area contributed by atoms with Gasteiger partial charge in [-0.3, -0.25) is 10.2 Å². The summed E-state index contributed by atoms with van der Waals surface area (Å²) in [6.07, 6.45) is 9.37. The lowest BCUT2D eigenvalue weighted by Crippen LogP contribution is -2.30. The summed E-state index contributed by atoms with van der Waals surface area (Å²) in [5, 5.41) is 8.37. The average Bonchev–Trinajstić information content (AvgIpc) is 3.47. The Labute approximate surface area is 288 Å². The normalized spacial score (nSPS) is 13.5. The molecule has 0 spiro atoms. The molecule has 1 aliphatic carbocycles. The first-order valence-electron chi connectivity index (χ1n) is 17.1. The number of rotatable bonds is 13. The highest BCUT2D eigenvalue weighted by Gasteiger charge is 2.21. The molecule has 1 aliphatic rings. The zero-order valence-corrected chi connectivity index (χ0v) is 28.3. The van der Waals surface area contributed by atoms with Gasteiger partial charge in [-0.15, -0.1) is 0 Å². The van der Waals surface area contributed by atoms with Crippen LogP contribution in [-0.4, -0.2) is 26.2 Å². The van der Waals surface area contributed by atoms with Crippen LogP contribution < -0.4 is 11.5 Å². The van der Waals surface area contributed by atoms with Gasteiger partial charge in [-0.05, 0) is 71.3 Å². The van der Waals surface area contributed by atoms with Crippen LogP contribution in [0.4, 0.5) is 0 Å². The maximum atomic E-state index is 14.2. The van der Waals surface area contributed by atoms with Crippen LogP contribution in [0.3, 0.4) is 0 Å². The summed E-state index contributed by atoms with van der Waals surface area (Å²) in [6, 6.07) is 29.7. The molecule has 48 heavy (non-hydrogen) atoms. The van der Waals surface area contributed by atoms with Crippen molar-refractivity contribution in [3.63, 3.8) is 0 Å². The van der Waals surface area contributed by atoms with Crippen molar-refractivity contribution in [3.8, 4) is 0 Å². The van der Waals surface area contributed by atoms with E-state index in [1.165, 1.54) is 37.7 Å². The summed E-state index contributed by atoms with van der Waals surface area (Å²) in [7, 11) is 0. The fourth-order valence-electron chi connectivity index (χ4n) is 6.84. The van der Waals surface area contributed by atoms with Gasteiger partial charge < -0.3 is 20.9 Å². The van der Waals surface area contributed by atoms with Crippen LogP contribution in [-0.2, 0) is 39.0 Å². The molecule has 8 heteroatoms. The van der Waals surface area contributed by atoms with Gasteiger partial charge in [0.25, 0.3) is 5.91 Å². The van der Waals surface area contributed by atoms with Crippen LogP contribution in [0.25, 0.3) is 11.0 Å². The van der Waals surface area contributed by atoms with E-state index < -0.39 is 0 Å². The fraction of sp³-hybridized carbons (Fsp3) is 0.325. The second kappa shape index (κ2) is 15.6. The molecule has 248 valence electrons. The molecule has 0 atom stereocenters. The van der Waals surface area contributed by atoms with Crippen LogP contribution in [0.5, 0.6) is 0 Å². The van der Waals surface area contributed by atoms with Gasteiger partial charge in [0.05, 0.1) is 11.0 Å². The second-order valence-electron chi connectivity index (χ2n) is 13.1. The van der Waals surface area contributed by atoms with E-state index in [9.17, 15) is 4.79 Å². The van der Waals surface area contributed by atoms with E-state index >= 15 is 0 Å². The zero-order valence-electron chi connectivity index (χ0n) is 27.5. The van der Waals surface area contributed by atoms with Crippen molar-refractivity contribution >= 4 is 34.4 Å². The number of carbonyl (C=O) groups is 1. The fourth-order valence-corrected chi connectivity index (χ4v) is 6.97. The molecule has 1 heterocycles. The zero-order chi connectivity index (χ0) is 33.5. The van der Waals surface area contributed by atoms with E-state index in [0.717, 1.165) is 70.8 Å². The molecule has 5 aromatic rings. The Morgan fingerprint density at radius 3 is 2.06 bits per heavy atom. The molecule has 4 aromatic carbocycles. The smallest absolute Gasteiger partial charge is 0.254 e. The van der Waals surface area contributed by atoms with E-state index in [0.29, 0.717) is 30.2 Å². The first kappa shape index (κ1) is 33.4. The molecule has 0 aliphatic heterocycles. The molecular weight excluding hydrogens is 616 g/mol. The van der Waals surface area contributed by atoms with Gasteiger partial charge in [-0.1, -0.05) is 104 Å². The minimum atomic E-state index is -0.0429. The highest BCUT2D eigenvalue weighted by Crippen LogP contribution is 2.29. The maximum Gasteiger partial charge on any atom is 0.254 e. The summed E-state index contributed by atoms with van der Waals surface area (Å²) < 4.78 is 2.38. The number of nitrogens with zero attached hydrogens (tertiary/aromatic N) is 3. The summed E-state index contributed by atoms with van der Waals surface area (Å²) in [6.45, 7) is 2.33. The van der Waals surface area contributed by atoms with Crippen LogP contribution in [0.2, 0.25) is 5.02 Å². The molecule has 1 fully saturated rings. The third-order valence-electron chi connectivity index (χ3n) is 9.67. The minimum absolute atomic E-state index is 0.0429. The first-order valence-corrected chi connectivity index (χ1v) is 17.5. The van der Waals surface area contributed by atoms with E-state index in [2.05, 4.69) is 10.6 Å². The Morgan fingerprint density at radius 2 is 1.42 bits per heavy atom. The number of amidine groups is 1. The lowest BCUT2D eigenvalue weighted by molar-refractivity contribution is 0.0730. The highest BCUT2D eigenvalue weighted by molar-refractivity contribution is 6.30. The second-order valence-corrected chi connectivity index (χ2v) is 13.5. The third kappa shape index (κ3) is 8.33. The predicted octanol–water partition coefficient (Wildman–Crippen LogP) is 8.03. The van der Waals surface area contributed by atoms with Crippen molar-refractivity contribution in [1.29, 1.82) is 5.41 Å². The number of nitrogens with two attached hydrogens (primary N) is 2. The van der Waals surface area contributed by atoms with Crippen molar-refractivity contribution in [2.75, 3.05) is 0 Å². The number of fused-ring (bicyclic) bond motifs is 1. The van der Waals surface area contributed by atoms with E-state index in [-0.39, 0.29) is 11.7 Å². The summed E-state index contributed by atoms with van der Waals surface area (Å²) in [4.78, 5) is 21.2. The Kier molecular flexibility index (Phi) is 10.9. The standard InChI is InChI=1S/C40H45ClN6O/c41-35-18-12-32(13-19-35)27-46(26-31-8-6-30(25-42)7-9-31)40(48)34-17-20-37-36(24-34)45-38(47(37)23-22-28-4-2-1-3-5-28)21-14-29-10-15-33(16-11-29)39(43)44/h6-13,15-20,24,28H,1-5,14,21-23,25-27,42H2,(H3,43,44). The Morgan fingerprint density at radius 1 is 0.812 bits per heavy atom. The summed E-state index contributed by atoms with van der Waals surface area (Å²) in [5.41, 5.74) is 19.1. The van der Waals surface area contributed by atoms with Gasteiger partial charge in [0, 0.05) is 48.7 Å². The van der Waals surface area contributed by atoms with E-state index in [4.69, 9.17) is 33.5 Å². The molecule has 7 nitrogen and oxygen atoms in total. The lowest BCUT2D eigenvalue weighted by Gasteiger charge is -2.24. The van der Waals surface area contributed by atoms with Crippen LogP contribution in [0, 0.1) is 11.3 Å². The van der Waals surface area contributed by atoms with Gasteiger partial charge in [0.2, 0.25) is 0 Å². The van der Waals surface area contributed by atoms with E-state index in [1.807, 2.05) is 89.8 Å². The van der Waals surface area contributed by atoms with Gasteiger partial charge in [0.15, 0.2) is 0 Å². The van der Waals surface area contributed by atoms with Crippen molar-refractivity contribution in [2.45, 2.75) is 77.5 Å². The van der Waals surface area contributed by atoms with E-state index in [1.54, 1.807) is 0 Å². The summed E-state index contributed by atoms with van der Waals surface area (Å²) >= 11 is 6.16. The maximum absolute atomic E-state index is 14.2. The molecule has 1 aromatic heterocycles. The summed E-state index contributed by atoms with van der Waals surface area (Å²) in [5.74, 6) is 1.83. The number of aryl methyl sites for hydroxylation is 3. The van der Waals surface area contributed by atoms with Gasteiger partial charge in [-0.2, -0.15) is 0 Å². The molecule has 0 radical (unpaired) electrons. The number of carbonyl (C=O) groups excluding carboxylic acids is 1. The molecule has 0 unspecified atom stereocenters. The minimum Gasteiger partial charge on any atom is -0.384 e. The quantitative estimate of drug-likeness (QED) is 0.0876. The van der Waals surface area contributed by atoms with Crippen LogP contribution in [0.15, 0.2) is 91.0 Å². The third-order valence-corrected chi connectivity index (χ3v) is 9.92. The Balaban J connectivity index is 1.28. The molecule has 5 N–H and O–H groups in total. The molecule has 0 saturated heterocycles. The van der Waals surface area contributed by atoms with Gasteiger partial charge >= 0.3 is 0 Å². The number of halogens is 1. The average molecular weight is 661 g/mol. The number of benzene rings is 4. The highest BCUT2D eigenvalue weighted by atomic mass is 35.5. The number of nitrogen functional groups attached to an aromatic ring is 1. The van der Waals surface area contributed by atoms with Crippen molar-refractivity contribution in [3.05, 3.63) is 135 Å². The number of aromatic nitrogens is 2. The largest absolute Gasteiger partial charge is 0.384 e. The number of hydrogen-bond donors (Lipinski definition) is 3. The molecule has 1 amide bonds. The number of hydrogen-bond acceptors (Lipinski definition) is 4. The van der Waals surface area contributed by atoms with Gasteiger partial charge in [-0.25, -0.2) is 4.98 Å². The number of imidazole rings is 1. The van der Waals surface area contributed by atoms with Gasteiger partial charge in [0.1, 0.15) is 11.7 Å². The number of amides is 1. The molecule has 6 rings (SSSR count). The van der Waals surface area contributed by atoms with Crippen molar-refractivity contribution < 1.29 is 4.79 Å². The number of nitrogens with one attached hydrogen (secondary N) is 1. The first-order chi connectivity index (χ1) is 23.4. The SMILES string of the molecule is N=C(N)c1ccc(CCc2nc3cc(C(=O)N(Cc4ccc(Cl)cc4)Cc4ccc(CN)cc4)ccc3n2CCC2CCCCC2)cc1. The van der Waals surface area contributed by atoms with Crippen LogP contribution >= 0.6 is 11.6 Å². The Bertz CT molecular complexity index is 1840. The molecular formula is C40H45ClN6O. The van der Waals surface area contributed by atoms with Crippen LogP contribution in [0.1, 0.15) is 82.5 Å². The molecule has 0 bridgehead atoms. The van der Waals surface area contributed by atoms with Crippen molar-refractivity contribution in [2.24, 2.45) is 17.4 Å². The Hall–Kier alpha value is -4.46. The monoisotopic (exact) mass is 660 g/mol. The topological polar surface area (TPSA) is 114 Å².